The highest BCUT2D eigenvalue weighted by Gasteiger charge is 2.15. The van der Waals surface area contributed by atoms with E-state index in [0.29, 0.717) is 28.0 Å². The lowest BCUT2D eigenvalue weighted by Crippen LogP contribution is -2.29. The molecule has 4 rings (SSSR count). The van der Waals surface area contributed by atoms with Crippen molar-refractivity contribution < 1.29 is 0 Å². The van der Waals surface area contributed by atoms with Crippen LogP contribution >= 0.6 is 23.2 Å². The first kappa shape index (κ1) is 17.4. The molecule has 1 aromatic heterocycles. The summed E-state index contributed by atoms with van der Waals surface area (Å²) < 4.78 is 1.28. The van der Waals surface area contributed by atoms with Gasteiger partial charge in [-0.3, -0.25) is 5.43 Å². The van der Waals surface area contributed by atoms with Crippen LogP contribution in [0.5, 0.6) is 0 Å². The number of nitrogens with two attached hydrogens (primary N) is 1. The van der Waals surface area contributed by atoms with Gasteiger partial charge in [0.25, 0.3) is 0 Å². The van der Waals surface area contributed by atoms with Crippen molar-refractivity contribution in [3.8, 4) is 16.8 Å². The van der Waals surface area contributed by atoms with Crippen molar-refractivity contribution in [1.29, 1.82) is 0 Å². The van der Waals surface area contributed by atoms with E-state index in [1.54, 1.807) is 18.2 Å². The quantitative estimate of drug-likeness (QED) is 0.423. The molecule has 0 saturated heterocycles. The van der Waals surface area contributed by atoms with Gasteiger partial charge in [0, 0.05) is 6.42 Å². The number of nitrogen functional groups attached to an aromatic ring is 1. The van der Waals surface area contributed by atoms with Crippen LogP contribution in [0.15, 0.2) is 47.3 Å². The SMILES string of the molecule is CCc1nc(NN)nc(=O)n1-c1c(Cl)cccc1Cl.c1cc2ccc1-2. The summed E-state index contributed by atoms with van der Waals surface area (Å²) in [5, 5.41) is 0.697. The minimum atomic E-state index is -0.546. The molecule has 6 nitrogen and oxygen atoms in total. The van der Waals surface area contributed by atoms with Gasteiger partial charge in [0.2, 0.25) is 5.95 Å². The van der Waals surface area contributed by atoms with Crippen molar-refractivity contribution in [2.24, 2.45) is 5.84 Å². The van der Waals surface area contributed by atoms with Crippen molar-refractivity contribution >= 4 is 29.2 Å². The van der Waals surface area contributed by atoms with E-state index in [1.165, 1.54) is 15.7 Å². The standard InChI is InChI=1S/C11H11Cl2N5O.C6H4/c1-2-8-15-10(17-14)16-11(19)18(8)9-6(12)4-3-5-7(9)13;1-2-6-4-3-5(1)6/h3-5H,2,14H2,1H3,(H,16,17,19);1-4H. The summed E-state index contributed by atoms with van der Waals surface area (Å²) in [6, 6.07) is 13.5. The maximum Gasteiger partial charge on any atom is 0.357 e. The van der Waals surface area contributed by atoms with Gasteiger partial charge in [0.05, 0.1) is 15.7 Å². The number of aromatic nitrogens is 3. The predicted molar refractivity (Wildman–Crippen MR) is 100 cm³/mol. The van der Waals surface area contributed by atoms with Crippen LogP contribution in [-0.4, -0.2) is 14.5 Å². The van der Waals surface area contributed by atoms with E-state index in [0.717, 1.165) is 0 Å². The number of benzene rings is 2. The largest absolute Gasteiger partial charge is 0.357 e. The number of hydrogen-bond acceptors (Lipinski definition) is 5. The Hall–Kier alpha value is -2.41. The number of hydrazine groups is 1. The second-order valence-electron chi connectivity index (χ2n) is 5.23. The summed E-state index contributed by atoms with van der Waals surface area (Å²) in [6.45, 7) is 1.85. The Kier molecular flexibility index (Phi) is 5.03. The summed E-state index contributed by atoms with van der Waals surface area (Å²) >= 11 is 12.2. The predicted octanol–water partition coefficient (Wildman–Crippen LogP) is 3.45. The van der Waals surface area contributed by atoms with Gasteiger partial charge in [-0.15, -0.1) is 0 Å². The highest BCUT2D eigenvalue weighted by atomic mass is 35.5. The van der Waals surface area contributed by atoms with Gasteiger partial charge in [-0.05, 0) is 23.3 Å². The van der Waals surface area contributed by atoms with Gasteiger partial charge < -0.3 is 0 Å². The lowest BCUT2D eigenvalue weighted by molar-refractivity contribution is 0.770. The molecule has 2 aromatic rings. The average Bonchev–Trinajstić information content (AvgIpc) is 2.59. The zero-order valence-electron chi connectivity index (χ0n) is 13.3. The van der Waals surface area contributed by atoms with Crippen molar-refractivity contribution in [3.05, 3.63) is 68.8 Å². The maximum atomic E-state index is 12.1. The van der Waals surface area contributed by atoms with Gasteiger partial charge in [0.15, 0.2) is 0 Å². The van der Waals surface area contributed by atoms with Crippen LogP contribution in [-0.2, 0) is 6.42 Å². The van der Waals surface area contributed by atoms with E-state index < -0.39 is 5.69 Å². The first-order valence-electron chi connectivity index (χ1n) is 7.56. The highest BCUT2D eigenvalue weighted by molar-refractivity contribution is 6.37. The van der Waals surface area contributed by atoms with E-state index in [4.69, 9.17) is 29.0 Å². The summed E-state index contributed by atoms with van der Waals surface area (Å²) in [5.74, 6) is 5.73. The Bertz CT molecular complexity index is 929. The van der Waals surface area contributed by atoms with Crippen LogP contribution in [0.2, 0.25) is 10.0 Å². The number of fused-ring (bicyclic) bond motifs is 1. The monoisotopic (exact) mass is 375 g/mol. The van der Waals surface area contributed by atoms with Crippen LogP contribution < -0.4 is 17.0 Å². The van der Waals surface area contributed by atoms with Crippen LogP contribution in [0.25, 0.3) is 16.8 Å². The molecule has 0 spiro atoms. The Morgan fingerprint density at radius 2 is 1.60 bits per heavy atom. The molecule has 1 aromatic carbocycles. The molecule has 2 aliphatic carbocycles. The first-order chi connectivity index (χ1) is 12.0. The molecule has 0 fully saturated rings. The van der Waals surface area contributed by atoms with Crippen molar-refractivity contribution in [2.75, 3.05) is 5.43 Å². The highest BCUT2D eigenvalue weighted by Crippen LogP contribution is 2.29. The molecule has 0 amide bonds. The Balaban J connectivity index is 0.000000250. The van der Waals surface area contributed by atoms with Crippen LogP contribution in [0.3, 0.4) is 0 Å². The van der Waals surface area contributed by atoms with Gasteiger partial charge in [0.1, 0.15) is 5.82 Å². The zero-order chi connectivity index (χ0) is 18.0. The Morgan fingerprint density at radius 3 is 2.00 bits per heavy atom. The molecule has 3 N–H and O–H groups in total. The molecule has 8 heteroatoms. The van der Waals surface area contributed by atoms with Gasteiger partial charge in [-0.1, -0.05) is 60.5 Å². The van der Waals surface area contributed by atoms with E-state index >= 15 is 0 Å². The molecule has 0 aliphatic heterocycles. The fraction of sp³-hybridized carbons (Fsp3) is 0.118. The van der Waals surface area contributed by atoms with E-state index in [1.807, 2.05) is 6.92 Å². The summed E-state index contributed by atoms with van der Waals surface area (Å²) in [5.41, 5.74) is 4.93. The lowest BCUT2D eigenvalue weighted by Gasteiger charge is -2.13. The molecule has 0 unspecified atom stereocenters. The first-order valence-corrected chi connectivity index (χ1v) is 8.32. The van der Waals surface area contributed by atoms with Crippen molar-refractivity contribution in [2.45, 2.75) is 13.3 Å². The minimum Gasteiger partial charge on any atom is -0.292 e. The number of nitrogens with zero attached hydrogens (tertiary/aromatic N) is 3. The molecule has 0 saturated carbocycles. The second kappa shape index (κ2) is 7.23. The number of para-hydroxylation sites is 1. The Labute approximate surface area is 154 Å². The van der Waals surface area contributed by atoms with Gasteiger partial charge in [-0.2, -0.15) is 9.97 Å². The molecule has 0 bridgehead atoms. The number of aryl methyl sites for hydroxylation is 1. The fourth-order valence-corrected chi connectivity index (χ4v) is 2.91. The topological polar surface area (TPSA) is 85.8 Å². The average molecular weight is 376 g/mol. The maximum absolute atomic E-state index is 12.1. The molecule has 0 atom stereocenters. The second-order valence-corrected chi connectivity index (χ2v) is 6.04. The summed E-state index contributed by atoms with van der Waals surface area (Å²) in [7, 11) is 0. The third-order valence-electron chi connectivity index (χ3n) is 3.71. The zero-order valence-corrected chi connectivity index (χ0v) is 14.8. The number of anilines is 1. The smallest absolute Gasteiger partial charge is 0.292 e. The third-order valence-corrected chi connectivity index (χ3v) is 4.32. The van der Waals surface area contributed by atoms with Crippen molar-refractivity contribution in [3.63, 3.8) is 0 Å². The van der Waals surface area contributed by atoms with Gasteiger partial charge in [-0.25, -0.2) is 15.2 Å². The van der Waals surface area contributed by atoms with Crippen LogP contribution in [0.4, 0.5) is 5.95 Å². The molecule has 128 valence electrons. The van der Waals surface area contributed by atoms with E-state index in [2.05, 4.69) is 39.7 Å². The summed E-state index contributed by atoms with van der Waals surface area (Å²) in [4.78, 5) is 19.9. The molecule has 2 aliphatic rings. The van der Waals surface area contributed by atoms with Gasteiger partial charge >= 0.3 is 5.69 Å². The fourth-order valence-electron chi connectivity index (χ4n) is 2.34. The lowest BCUT2D eigenvalue weighted by atomic mass is 9.95. The van der Waals surface area contributed by atoms with Crippen LogP contribution in [0.1, 0.15) is 12.7 Å². The van der Waals surface area contributed by atoms with E-state index in [9.17, 15) is 4.79 Å². The minimum absolute atomic E-state index is 0.0567. The number of nitrogens with one attached hydrogen (secondary N) is 1. The summed E-state index contributed by atoms with van der Waals surface area (Å²) in [6.07, 6.45) is 0.494. The number of hydrogen-bond donors (Lipinski definition) is 2. The molecular formula is C17H15Cl2N5O. The normalized spacial score (nSPS) is 10.7. The number of rotatable bonds is 3. The molecule has 1 heterocycles. The number of halogens is 2. The molecular weight excluding hydrogens is 361 g/mol. The Morgan fingerprint density at radius 1 is 1.04 bits per heavy atom. The van der Waals surface area contributed by atoms with Crippen LogP contribution in [0, 0.1) is 0 Å². The van der Waals surface area contributed by atoms with Crippen molar-refractivity contribution in [1.82, 2.24) is 14.5 Å². The van der Waals surface area contributed by atoms with E-state index in [-0.39, 0.29) is 5.95 Å². The third kappa shape index (κ3) is 3.37. The molecule has 25 heavy (non-hydrogen) atoms. The molecule has 0 radical (unpaired) electrons.